The number of carbonyl (C=O) groups is 1. The Morgan fingerprint density at radius 2 is 1.97 bits per heavy atom. The van der Waals surface area contributed by atoms with Crippen molar-refractivity contribution in [3.8, 4) is 5.75 Å². The molecule has 0 radical (unpaired) electrons. The van der Waals surface area contributed by atoms with Gasteiger partial charge < -0.3 is 24.6 Å². The van der Waals surface area contributed by atoms with Crippen molar-refractivity contribution in [3.05, 3.63) is 58.1 Å². The third-order valence-electron chi connectivity index (χ3n) is 6.29. The molecule has 2 aliphatic rings. The van der Waals surface area contributed by atoms with E-state index < -0.39 is 0 Å². The van der Waals surface area contributed by atoms with Gasteiger partial charge in [-0.1, -0.05) is 0 Å². The van der Waals surface area contributed by atoms with Gasteiger partial charge in [-0.2, -0.15) is 0 Å². The molecule has 1 N–H and O–H groups in total. The first kappa shape index (κ1) is 21.9. The number of fused-ring (bicyclic) bond motifs is 3. The Hall–Kier alpha value is -3.33. The fraction of sp³-hybridized carbons (Fsp3) is 0.435. The predicted octanol–water partition coefficient (Wildman–Crippen LogP) is 2.23. The molecule has 0 spiro atoms. The number of amides is 1. The van der Waals surface area contributed by atoms with Crippen LogP contribution in [0.2, 0.25) is 0 Å². The number of hydrogen-bond acceptors (Lipinski definition) is 7. The van der Waals surface area contributed by atoms with Gasteiger partial charge in [0.2, 0.25) is 5.91 Å². The van der Waals surface area contributed by atoms with Gasteiger partial charge in [0.05, 0.1) is 30.6 Å². The van der Waals surface area contributed by atoms with E-state index in [0.29, 0.717) is 26.1 Å². The standard InChI is InChI=1S/C23H28N4O5/c1-31-12-9-24-23(28)20-14-16-13-18(27(29)30)5-8-21(16)26-11-10-25(15-22(20)26)17-3-6-19(32-2)7-4-17/h3-8,13,20,22H,9-12,14-15H2,1-2H3,(H,24,28). The maximum atomic E-state index is 13.1. The third-order valence-corrected chi connectivity index (χ3v) is 6.29. The summed E-state index contributed by atoms with van der Waals surface area (Å²) in [4.78, 5) is 28.5. The van der Waals surface area contributed by atoms with Crippen LogP contribution in [0.1, 0.15) is 5.56 Å². The molecular formula is C23H28N4O5. The van der Waals surface area contributed by atoms with Gasteiger partial charge in [0.15, 0.2) is 0 Å². The second kappa shape index (κ2) is 9.44. The quantitative estimate of drug-likeness (QED) is 0.401. The number of rotatable bonds is 7. The number of piperazine rings is 1. The van der Waals surface area contributed by atoms with Gasteiger partial charge in [0.1, 0.15) is 5.75 Å². The molecule has 0 aliphatic carbocycles. The fourth-order valence-corrected chi connectivity index (χ4v) is 4.66. The molecule has 2 aromatic rings. The van der Waals surface area contributed by atoms with E-state index in [4.69, 9.17) is 9.47 Å². The van der Waals surface area contributed by atoms with E-state index in [1.165, 1.54) is 0 Å². The molecule has 9 heteroatoms. The number of nitro groups is 1. The molecule has 1 saturated heterocycles. The fourth-order valence-electron chi connectivity index (χ4n) is 4.66. The van der Waals surface area contributed by atoms with Crippen LogP contribution >= 0.6 is 0 Å². The molecule has 1 fully saturated rings. The number of nitro benzene ring substituents is 1. The predicted molar refractivity (Wildman–Crippen MR) is 122 cm³/mol. The molecular weight excluding hydrogens is 412 g/mol. The number of benzene rings is 2. The lowest BCUT2D eigenvalue weighted by atomic mass is 9.83. The van der Waals surface area contributed by atoms with Crippen molar-refractivity contribution >= 4 is 23.0 Å². The van der Waals surface area contributed by atoms with Crippen molar-refractivity contribution < 1.29 is 19.2 Å². The van der Waals surface area contributed by atoms with E-state index >= 15 is 0 Å². The average Bonchev–Trinajstić information content (AvgIpc) is 2.82. The Balaban J connectivity index is 1.62. The van der Waals surface area contributed by atoms with Crippen molar-refractivity contribution in [2.75, 3.05) is 56.8 Å². The van der Waals surface area contributed by atoms with E-state index in [2.05, 4.69) is 15.1 Å². The number of nitrogens with zero attached hydrogens (tertiary/aromatic N) is 3. The first-order valence-corrected chi connectivity index (χ1v) is 10.7. The lowest BCUT2D eigenvalue weighted by Gasteiger charge is -2.49. The zero-order valence-corrected chi connectivity index (χ0v) is 18.3. The van der Waals surface area contributed by atoms with E-state index in [1.807, 2.05) is 30.3 Å². The number of carbonyl (C=O) groups excluding carboxylic acids is 1. The van der Waals surface area contributed by atoms with Crippen LogP contribution in [-0.2, 0) is 16.0 Å². The second-order valence-corrected chi connectivity index (χ2v) is 8.07. The van der Waals surface area contributed by atoms with Crippen LogP contribution in [0.15, 0.2) is 42.5 Å². The zero-order chi connectivity index (χ0) is 22.7. The van der Waals surface area contributed by atoms with Gasteiger partial charge in [-0.3, -0.25) is 14.9 Å². The maximum Gasteiger partial charge on any atom is 0.269 e. The number of hydrogen-bond donors (Lipinski definition) is 1. The van der Waals surface area contributed by atoms with Crippen molar-refractivity contribution in [1.82, 2.24) is 5.32 Å². The monoisotopic (exact) mass is 440 g/mol. The van der Waals surface area contributed by atoms with Crippen molar-refractivity contribution in [3.63, 3.8) is 0 Å². The molecule has 2 unspecified atom stereocenters. The summed E-state index contributed by atoms with van der Waals surface area (Å²) in [5, 5.41) is 14.3. The van der Waals surface area contributed by atoms with Crippen LogP contribution in [0.25, 0.3) is 0 Å². The van der Waals surface area contributed by atoms with Gasteiger partial charge in [-0.05, 0) is 42.3 Å². The molecule has 9 nitrogen and oxygen atoms in total. The molecule has 2 heterocycles. The van der Waals surface area contributed by atoms with Crippen LogP contribution in [0.3, 0.4) is 0 Å². The first-order chi connectivity index (χ1) is 15.5. The molecule has 170 valence electrons. The Morgan fingerprint density at radius 3 is 2.66 bits per heavy atom. The van der Waals surface area contributed by atoms with Crippen LogP contribution in [0.5, 0.6) is 5.75 Å². The van der Waals surface area contributed by atoms with Gasteiger partial charge in [-0.15, -0.1) is 0 Å². The summed E-state index contributed by atoms with van der Waals surface area (Å²) >= 11 is 0. The minimum atomic E-state index is -0.387. The van der Waals surface area contributed by atoms with Crippen molar-refractivity contribution in [1.29, 1.82) is 0 Å². The minimum Gasteiger partial charge on any atom is -0.497 e. The Kier molecular flexibility index (Phi) is 6.45. The topological polar surface area (TPSA) is 97.2 Å². The number of anilines is 2. The van der Waals surface area contributed by atoms with Crippen LogP contribution in [-0.4, -0.2) is 63.9 Å². The van der Waals surface area contributed by atoms with E-state index in [0.717, 1.165) is 35.8 Å². The van der Waals surface area contributed by atoms with Gasteiger partial charge in [0, 0.05) is 56.8 Å². The van der Waals surface area contributed by atoms with Gasteiger partial charge >= 0.3 is 0 Å². The number of non-ortho nitro benzene ring substituents is 1. The molecule has 0 aromatic heterocycles. The van der Waals surface area contributed by atoms with Crippen molar-refractivity contribution in [2.45, 2.75) is 12.5 Å². The van der Waals surface area contributed by atoms with E-state index in [-0.39, 0.29) is 28.5 Å². The van der Waals surface area contributed by atoms with Crippen LogP contribution < -0.4 is 19.9 Å². The second-order valence-electron chi connectivity index (χ2n) is 8.07. The van der Waals surface area contributed by atoms with Crippen LogP contribution in [0.4, 0.5) is 17.1 Å². The van der Waals surface area contributed by atoms with E-state index in [1.54, 1.807) is 26.4 Å². The highest BCUT2D eigenvalue weighted by molar-refractivity contribution is 5.82. The molecule has 32 heavy (non-hydrogen) atoms. The highest BCUT2D eigenvalue weighted by atomic mass is 16.6. The SMILES string of the molecule is COCCNC(=O)C1Cc2cc([N+](=O)[O-])ccc2N2CCN(c3ccc(OC)cc3)CC12. The Bertz CT molecular complexity index is 981. The van der Waals surface area contributed by atoms with Crippen LogP contribution in [0, 0.1) is 16.0 Å². The highest BCUT2D eigenvalue weighted by Crippen LogP contribution is 2.38. The zero-order valence-electron chi connectivity index (χ0n) is 18.3. The molecule has 4 rings (SSSR count). The molecule has 2 aromatic carbocycles. The summed E-state index contributed by atoms with van der Waals surface area (Å²) in [5.41, 5.74) is 2.97. The summed E-state index contributed by atoms with van der Waals surface area (Å²) < 4.78 is 10.3. The number of ether oxygens (including phenoxy) is 2. The highest BCUT2D eigenvalue weighted by Gasteiger charge is 2.42. The molecule has 0 saturated carbocycles. The lowest BCUT2D eigenvalue weighted by molar-refractivity contribution is -0.384. The Labute approximate surface area is 187 Å². The van der Waals surface area contributed by atoms with Gasteiger partial charge in [0.25, 0.3) is 5.69 Å². The summed E-state index contributed by atoms with van der Waals surface area (Å²) in [7, 11) is 3.24. The smallest absolute Gasteiger partial charge is 0.269 e. The van der Waals surface area contributed by atoms with Gasteiger partial charge in [-0.25, -0.2) is 0 Å². The van der Waals surface area contributed by atoms with E-state index in [9.17, 15) is 14.9 Å². The summed E-state index contributed by atoms with van der Waals surface area (Å²) in [6.07, 6.45) is 0.466. The minimum absolute atomic E-state index is 0.0395. The number of nitrogens with one attached hydrogen (secondary N) is 1. The third kappa shape index (κ3) is 4.34. The molecule has 1 amide bonds. The normalized spacial score (nSPS) is 19.7. The maximum absolute atomic E-state index is 13.1. The Morgan fingerprint density at radius 1 is 1.19 bits per heavy atom. The largest absolute Gasteiger partial charge is 0.497 e. The summed E-state index contributed by atoms with van der Waals surface area (Å²) in [6.45, 7) is 3.07. The first-order valence-electron chi connectivity index (χ1n) is 10.7. The number of methoxy groups -OCH3 is 2. The average molecular weight is 441 g/mol. The summed E-state index contributed by atoms with van der Waals surface area (Å²) in [5.74, 6) is 0.434. The summed E-state index contributed by atoms with van der Waals surface area (Å²) in [6, 6.07) is 12.9. The molecule has 0 bridgehead atoms. The molecule has 2 atom stereocenters. The van der Waals surface area contributed by atoms with Crippen molar-refractivity contribution in [2.24, 2.45) is 5.92 Å². The lowest BCUT2D eigenvalue weighted by Crippen LogP contribution is -2.61. The molecule has 2 aliphatic heterocycles.